The number of aromatic nitrogens is 3. The van der Waals surface area contributed by atoms with Crippen LogP contribution >= 0.6 is 11.3 Å². The molecule has 0 bridgehead atoms. The van der Waals surface area contributed by atoms with Gasteiger partial charge >= 0.3 is 0 Å². The van der Waals surface area contributed by atoms with Crippen molar-refractivity contribution in [3.8, 4) is 0 Å². The molecule has 23 heavy (non-hydrogen) atoms. The maximum absolute atomic E-state index is 13.4. The van der Waals surface area contributed by atoms with Crippen molar-refractivity contribution in [2.45, 2.75) is 25.2 Å². The zero-order valence-corrected chi connectivity index (χ0v) is 13.5. The molecule has 1 aliphatic heterocycles. The predicted molar refractivity (Wildman–Crippen MR) is 85.1 cm³/mol. The van der Waals surface area contributed by atoms with E-state index in [0.29, 0.717) is 25.8 Å². The standard InChI is InChI=1S/C14H18FN5O2S/c1-16-13-10(15)4-17-14(20-13)19-11-2-3-21-6-12(11)22-5-9-7-23-8-18-9/h4,7-8,11-12H,2-3,5-6H2,1H3,(H2,16,17,19,20)/t11-,12-/m1/s1. The van der Waals surface area contributed by atoms with Crippen LogP contribution in [0, 0.1) is 5.82 Å². The van der Waals surface area contributed by atoms with Crippen molar-refractivity contribution in [3.63, 3.8) is 0 Å². The second kappa shape index (κ2) is 7.62. The second-order valence-corrected chi connectivity index (χ2v) is 5.80. The Morgan fingerprint density at radius 3 is 3.17 bits per heavy atom. The van der Waals surface area contributed by atoms with Crippen LogP contribution in [0.15, 0.2) is 17.1 Å². The van der Waals surface area contributed by atoms with Gasteiger partial charge in [0, 0.05) is 19.0 Å². The zero-order valence-electron chi connectivity index (χ0n) is 12.7. The fourth-order valence-electron chi connectivity index (χ4n) is 2.32. The highest BCUT2D eigenvalue weighted by atomic mass is 32.1. The molecule has 0 radical (unpaired) electrons. The number of nitrogens with zero attached hydrogens (tertiary/aromatic N) is 3. The van der Waals surface area contributed by atoms with E-state index in [1.165, 1.54) is 11.3 Å². The highest BCUT2D eigenvalue weighted by Crippen LogP contribution is 2.18. The predicted octanol–water partition coefficient (Wildman–Crippen LogP) is 1.90. The van der Waals surface area contributed by atoms with E-state index in [-0.39, 0.29) is 18.0 Å². The number of rotatable bonds is 6. The maximum Gasteiger partial charge on any atom is 0.225 e. The quantitative estimate of drug-likeness (QED) is 0.832. The summed E-state index contributed by atoms with van der Waals surface area (Å²) in [7, 11) is 1.61. The van der Waals surface area contributed by atoms with Crippen LogP contribution in [0.3, 0.4) is 0 Å². The van der Waals surface area contributed by atoms with Crippen molar-refractivity contribution in [2.75, 3.05) is 30.9 Å². The lowest BCUT2D eigenvalue weighted by Gasteiger charge is -2.32. The van der Waals surface area contributed by atoms with Crippen LogP contribution < -0.4 is 10.6 Å². The first-order chi connectivity index (χ1) is 11.3. The molecule has 0 amide bonds. The number of nitrogens with one attached hydrogen (secondary N) is 2. The summed E-state index contributed by atoms with van der Waals surface area (Å²) in [5.74, 6) is 0.0424. The van der Waals surface area contributed by atoms with Crippen LogP contribution in [0.1, 0.15) is 12.1 Å². The summed E-state index contributed by atoms with van der Waals surface area (Å²) in [6.07, 6.45) is 1.76. The lowest BCUT2D eigenvalue weighted by atomic mass is 10.1. The fraction of sp³-hybridized carbons (Fsp3) is 0.500. The summed E-state index contributed by atoms with van der Waals surface area (Å²) in [5.41, 5.74) is 2.67. The molecule has 0 saturated carbocycles. The van der Waals surface area contributed by atoms with Gasteiger partial charge in [-0.05, 0) is 6.42 Å². The Labute approximate surface area is 137 Å². The Kier molecular flexibility index (Phi) is 5.31. The molecule has 2 aromatic heterocycles. The number of hydrogen-bond acceptors (Lipinski definition) is 8. The van der Waals surface area contributed by atoms with Gasteiger partial charge in [0.1, 0.15) is 6.10 Å². The minimum absolute atomic E-state index is 0.00227. The van der Waals surface area contributed by atoms with Gasteiger partial charge in [-0.25, -0.2) is 14.4 Å². The summed E-state index contributed by atoms with van der Waals surface area (Å²) in [6, 6.07) is -0.00227. The molecule has 2 aromatic rings. The number of halogens is 1. The molecule has 2 atom stereocenters. The van der Waals surface area contributed by atoms with Gasteiger partial charge in [0.25, 0.3) is 0 Å². The highest BCUT2D eigenvalue weighted by molar-refractivity contribution is 7.07. The van der Waals surface area contributed by atoms with E-state index in [9.17, 15) is 4.39 Å². The van der Waals surface area contributed by atoms with Crippen molar-refractivity contribution in [3.05, 3.63) is 28.6 Å². The third kappa shape index (κ3) is 4.12. The molecule has 3 heterocycles. The van der Waals surface area contributed by atoms with Gasteiger partial charge in [-0.3, -0.25) is 0 Å². The van der Waals surface area contributed by atoms with Gasteiger partial charge in [0.05, 0.1) is 36.7 Å². The average Bonchev–Trinajstić information content (AvgIpc) is 3.09. The number of ether oxygens (including phenoxy) is 2. The summed E-state index contributed by atoms with van der Waals surface area (Å²) in [5, 5.41) is 7.86. The molecule has 0 aliphatic carbocycles. The first-order valence-electron chi connectivity index (χ1n) is 7.29. The van der Waals surface area contributed by atoms with Gasteiger partial charge < -0.3 is 20.1 Å². The molecular weight excluding hydrogens is 321 g/mol. The van der Waals surface area contributed by atoms with E-state index in [0.717, 1.165) is 18.3 Å². The second-order valence-electron chi connectivity index (χ2n) is 5.08. The van der Waals surface area contributed by atoms with E-state index < -0.39 is 5.82 Å². The van der Waals surface area contributed by atoms with Crippen LogP contribution in [-0.4, -0.2) is 47.4 Å². The van der Waals surface area contributed by atoms with Crippen LogP contribution in [0.25, 0.3) is 0 Å². The van der Waals surface area contributed by atoms with Crippen molar-refractivity contribution in [2.24, 2.45) is 0 Å². The third-order valence-corrected chi connectivity index (χ3v) is 4.16. The lowest BCUT2D eigenvalue weighted by molar-refractivity contribution is -0.0645. The van der Waals surface area contributed by atoms with Crippen LogP contribution in [0.5, 0.6) is 0 Å². The van der Waals surface area contributed by atoms with E-state index in [4.69, 9.17) is 9.47 Å². The Hall–Kier alpha value is -1.84. The van der Waals surface area contributed by atoms with Crippen molar-refractivity contribution < 1.29 is 13.9 Å². The van der Waals surface area contributed by atoms with Gasteiger partial charge in [-0.1, -0.05) is 0 Å². The molecule has 1 aliphatic rings. The monoisotopic (exact) mass is 339 g/mol. The smallest absolute Gasteiger partial charge is 0.225 e. The van der Waals surface area contributed by atoms with Gasteiger partial charge in [0.2, 0.25) is 5.95 Å². The highest BCUT2D eigenvalue weighted by Gasteiger charge is 2.27. The largest absolute Gasteiger partial charge is 0.379 e. The Bertz CT molecular complexity index is 628. The zero-order chi connectivity index (χ0) is 16.1. The Morgan fingerprint density at radius 1 is 1.48 bits per heavy atom. The molecule has 2 N–H and O–H groups in total. The Balaban J connectivity index is 1.64. The fourth-order valence-corrected chi connectivity index (χ4v) is 2.86. The molecule has 0 spiro atoms. The number of hydrogen-bond donors (Lipinski definition) is 2. The van der Waals surface area contributed by atoms with Crippen LogP contribution in [0.2, 0.25) is 0 Å². The van der Waals surface area contributed by atoms with Gasteiger partial charge in [-0.15, -0.1) is 11.3 Å². The van der Waals surface area contributed by atoms with E-state index in [2.05, 4.69) is 25.6 Å². The molecule has 124 valence electrons. The number of thiazole rings is 1. The van der Waals surface area contributed by atoms with E-state index in [1.807, 2.05) is 5.38 Å². The summed E-state index contributed by atoms with van der Waals surface area (Å²) >= 11 is 1.53. The van der Waals surface area contributed by atoms with Crippen LogP contribution in [0.4, 0.5) is 16.2 Å². The summed E-state index contributed by atoms with van der Waals surface area (Å²) < 4.78 is 24.8. The number of anilines is 2. The lowest BCUT2D eigenvalue weighted by Crippen LogP contribution is -2.44. The molecule has 1 fully saturated rings. The van der Waals surface area contributed by atoms with Crippen LogP contribution in [-0.2, 0) is 16.1 Å². The van der Waals surface area contributed by atoms with Gasteiger partial charge in [0.15, 0.2) is 11.6 Å². The molecule has 7 nitrogen and oxygen atoms in total. The molecule has 3 rings (SSSR count). The average molecular weight is 339 g/mol. The minimum atomic E-state index is -0.485. The molecule has 0 unspecified atom stereocenters. The molecular formula is C14H18FN5O2S. The summed E-state index contributed by atoms with van der Waals surface area (Å²) in [4.78, 5) is 12.3. The Morgan fingerprint density at radius 2 is 2.39 bits per heavy atom. The van der Waals surface area contributed by atoms with Crippen molar-refractivity contribution >= 4 is 23.1 Å². The minimum Gasteiger partial charge on any atom is -0.379 e. The third-order valence-electron chi connectivity index (χ3n) is 3.53. The molecule has 1 saturated heterocycles. The van der Waals surface area contributed by atoms with E-state index >= 15 is 0 Å². The molecule has 0 aromatic carbocycles. The first-order valence-corrected chi connectivity index (χ1v) is 8.24. The normalized spacial score (nSPS) is 21.1. The van der Waals surface area contributed by atoms with Crippen molar-refractivity contribution in [1.29, 1.82) is 0 Å². The van der Waals surface area contributed by atoms with Gasteiger partial charge in [-0.2, -0.15) is 4.98 Å². The first kappa shape index (κ1) is 16.0. The SMILES string of the molecule is CNc1nc(N[C@@H]2CCOC[C@H]2OCc2cscn2)ncc1F. The molecule has 9 heteroatoms. The topological polar surface area (TPSA) is 81.2 Å². The van der Waals surface area contributed by atoms with Crippen molar-refractivity contribution in [1.82, 2.24) is 15.0 Å². The maximum atomic E-state index is 13.4. The summed E-state index contributed by atoms with van der Waals surface area (Å²) in [6.45, 7) is 1.55. The van der Waals surface area contributed by atoms with E-state index in [1.54, 1.807) is 12.6 Å².